The lowest BCUT2D eigenvalue weighted by molar-refractivity contribution is 0.0874. The lowest BCUT2D eigenvalue weighted by atomic mass is 10.1. The molecule has 1 aromatic heterocycles. The number of nitrogens with zero attached hydrogens (tertiary/aromatic N) is 2. The Hall–Kier alpha value is -1.03. The Bertz CT molecular complexity index is 305. The molecule has 1 N–H and O–H groups in total. The molecule has 0 aliphatic carbocycles. The number of nitrogens with one attached hydrogen (secondary N) is 1. The summed E-state index contributed by atoms with van der Waals surface area (Å²) in [7, 11) is 0. The van der Waals surface area contributed by atoms with Gasteiger partial charge in [0.1, 0.15) is 5.82 Å². The average molecular weight is 223 g/mol. The van der Waals surface area contributed by atoms with E-state index in [1.165, 1.54) is 19.3 Å². The quantitative estimate of drug-likeness (QED) is 0.832. The molecule has 4 nitrogen and oxygen atoms in total. The van der Waals surface area contributed by atoms with Gasteiger partial charge in [-0.3, -0.25) is 0 Å². The SMILES string of the molecule is CCCCn1nccc1NC1CCCOC1. The zero-order chi connectivity index (χ0) is 11.2. The van der Waals surface area contributed by atoms with Crippen LogP contribution in [0.2, 0.25) is 0 Å². The highest BCUT2D eigenvalue weighted by Gasteiger charge is 2.14. The molecule has 1 unspecified atom stereocenters. The molecule has 4 heteroatoms. The van der Waals surface area contributed by atoms with Crippen molar-refractivity contribution in [3.8, 4) is 0 Å². The van der Waals surface area contributed by atoms with Crippen LogP contribution in [-0.4, -0.2) is 29.0 Å². The third kappa shape index (κ3) is 2.98. The van der Waals surface area contributed by atoms with Crippen LogP contribution >= 0.6 is 0 Å². The van der Waals surface area contributed by atoms with Crippen molar-refractivity contribution in [3.63, 3.8) is 0 Å². The van der Waals surface area contributed by atoms with E-state index in [1.807, 2.05) is 12.3 Å². The number of hydrogen-bond acceptors (Lipinski definition) is 3. The smallest absolute Gasteiger partial charge is 0.124 e. The van der Waals surface area contributed by atoms with Gasteiger partial charge >= 0.3 is 0 Å². The fourth-order valence-corrected chi connectivity index (χ4v) is 2.01. The maximum absolute atomic E-state index is 5.46. The molecular formula is C12H21N3O. The summed E-state index contributed by atoms with van der Waals surface area (Å²) in [6, 6.07) is 2.50. The zero-order valence-electron chi connectivity index (χ0n) is 9.98. The van der Waals surface area contributed by atoms with Crippen LogP contribution in [0.5, 0.6) is 0 Å². The van der Waals surface area contributed by atoms with Crippen molar-refractivity contribution >= 4 is 5.82 Å². The van der Waals surface area contributed by atoms with Gasteiger partial charge in [-0.15, -0.1) is 0 Å². The van der Waals surface area contributed by atoms with Crippen LogP contribution < -0.4 is 5.32 Å². The Kier molecular flexibility index (Phi) is 4.22. The number of ether oxygens (including phenoxy) is 1. The molecule has 0 amide bonds. The molecule has 0 bridgehead atoms. The van der Waals surface area contributed by atoms with Crippen LogP contribution in [-0.2, 0) is 11.3 Å². The molecule has 0 saturated carbocycles. The van der Waals surface area contributed by atoms with Gasteiger partial charge in [0.2, 0.25) is 0 Å². The van der Waals surface area contributed by atoms with Crippen LogP contribution in [0.1, 0.15) is 32.6 Å². The number of aryl methyl sites for hydroxylation is 1. The molecule has 2 heterocycles. The normalized spacial score (nSPS) is 20.9. The van der Waals surface area contributed by atoms with Crippen molar-refractivity contribution in [2.24, 2.45) is 0 Å². The van der Waals surface area contributed by atoms with Crippen LogP contribution in [0.4, 0.5) is 5.82 Å². The fraction of sp³-hybridized carbons (Fsp3) is 0.750. The Morgan fingerprint density at radius 1 is 1.62 bits per heavy atom. The molecule has 1 aromatic rings. The highest BCUT2D eigenvalue weighted by Crippen LogP contribution is 2.14. The van der Waals surface area contributed by atoms with E-state index in [0.29, 0.717) is 6.04 Å². The van der Waals surface area contributed by atoms with Gasteiger partial charge in [0.05, 0.1) is 18.8 Å². The first kappa shape index (κ1) is 11.5. The van der Waals surface area contributed by atoms with Crippen LogP contribution in [0.3, 0.4) is 0 Å². The molecule has 1 aliphatic rings. The van der Waals surface area contributed by atoms with Crippen molar-refractivity contribution < 1.29 is 4.74 Å². The first-order valence-electron chi connectivity index (χ1n) is 6.26. The highest BCUT2D eigenvalue weighted by molar-refractivity contribution is 5.35. The Morgan fingerprint density at radius 3 is 3.31 bits per heavy atom. The molecular weight excluding hydrogens is 202 g/mol. The third-order valence-electron chi connectivity index (χ3n) is 2.95. The minimum absolute atomic E-state index is 0.450. The molecule has 0 radical (unpaired) electrons. The van der Waals surface area contributed by atoms with E-state index in [2.05, 4.69) is 22.0 Å². The summed E-state index contributed by atoms with van der Waals surface area (Å²) >= 11 is 0. The molecule has 1 atom stereocenters. The number of anilines is 1. The van der Waals surface area contributed by atoms with Gasteiger partial charge in [0.15, 0.2) is 0 Å². The summed E-state index contributed by atoms with van der Waals surface area (Å²) in [4.78, 5) is 0. The largest absolute Gasteiger partial charge is 0.379 e. The summed E-state index contributed by atoms with van der Waals surface area (Å²) in [6.45, 7) is 4.93. The molecule has 1 fully saturated rings. The number of rotatable bonds is 5. The van der Waals surface area contributed by atoms with Crippen molar-refractivity contribution in [1.29, 1.82) is 0 Å². The lowest BCUT2D eigenvalue weighted by Crippen LogP contribution is -2.31. The van der Waals surface area contributed by atoms with Gasteiger partial charge in [-0.25, -0.2) is 4.68 Å². The number of unbranched alkanes of at least 4 members (excludes halogenated alkanes) is 1. The van der Waals surface area contributed by atoms with E-state index in [-0.39, 0.29) is 0 Å². The highest BCUT2D eigenvalue weighted by atomic mass is 16.5. The van der Waals surface area contributed by atoms with Crippen LogP contribution in [0.25, 0.3) is 0 Å². The summed E-state index contributed by atoms with van der Waals surface area (Å²) in [6.07, 6.45) is 6.59. The predicted molar refractivity (Wildman–Crippen MR) is 64.6 cm³/mol. The van der Waals surface area contributed by atoms with Crippen LogP contribution in [0.15, 0.2) is 12.3 Å². The van der Waals surface area contributed by atoms with E-state index < -0.39 is 0 Å². The minimum atomic E-state index is 0.450. The second-order valence-corrected chi connectivity index (χ2v) is 4.35. The first-order chi connectivity index (χ1) is 7.90. The van der Waals surface area contributed by atoms with Crippen LogP contribution in [0, 0.1) is 0 Å². The minimum Gasteiger partial charge on any atom is -0.379 e. The maximum Gasteiger partial charge on any atom is 0.124 e. The van der Waals surface area contributed by atoms with E-state index in [9.17, 15) is 0 Å². The van der Waals surface area contributed by atoms with Gasteiger partial charge in [0, 0.05) is 19.2 Å². The summed E-state index contributed by atoms with van der Waals surface area (Å²) in [5.41, 5.74) is 0. The number of aromatic nitrogens is 2. The second kappa shape index (κ2) is 5.89. The van der Waals surface area contributed by atoms with Crippen molar-refractivity contribution in [2.75, 3.05) is 18.5 Å². The van der Waals surface area contributed by atoms with Gasteiger partial charge < -0.3 is 10.1 Å². The third-order valence-corrected chi connectivity index (χ3v) is 2.95. The molecule has 16 heavy (non-hydrogen) atoms. The molecule has 2 rings (SSSR count). The van der Waals surface area contributed by atoms with Gasteiger partial charge in [-0.2, -0.15) is 5.10 Å². The predicted octanol–water partition coefficient (Wildman–Crippen LogP) is 2.27. The zero-order valence-corrected chi connectivity index (χ0v) is 9.98. The van der Waals surface area contributed by atoms with Gasteiger partial charge in [-0.1, -0.05) is 13.3 Å². The second-order valence-electron chi connectivity index (χ2n) is 4.35. The summed E-state index contributed by atoms with van der Waals surface area (Å²) in [5, 5.41) is 7.85. The monoisotopic (exact) mass is 223 g/mol. The molecule has 1 aliphatic heterocycles. The first-order valence-corrected chi connectivity index (χ1v) is 6.26. The van der Waals surface area contributed by atoms with Crippen molar-refractivity contribution in [2.45, 2.75) is 45.2 Å². The molecule has 1 saturated heterocycles. The Labute approximate surface area is 97.0 Å². The Balaban J connectivity index is 1.89. The standard InChI is InChI=1S/C12H21N3O/c1-2-3-8-15-12(6-7-13-15)14-11-5-4-9-16-10-11/h6-7,11,14H,2-5,8-10H2,1H3. The van der Waals surface area contributed by atoms with E-state index in [4.69, 9.17) is 4.74 Å². The van der Waals surface area contributed by atoms with Crippen molar-refractivity contribution in [1.82, 2.24) is 9.78 Å². The molecule has 0 spiro atoms. The van der Waals surface area contributed by atoms with Crippen molar-refractivity contribution in [3.05, 3.63) is 12.3 Å². The Morgan fingerprint density at radius 2 is 2.56 bits per heavy atom. The summed E-state index contributed by atoms with van der Waals surface area (Å²) < 4.78 is 7.51. The topological polar surface area (TPSA) is 39.1 Å². The molecule has 90 valence electrons. The number of hydrogen-bond donors (Lipinski definition) is 1. The summed E-state index contributed by atoms with van der Waals surface area (Å²) in [5.74, 6) is 1.13. The fourth-order valence-electron chi connectivity index (χ4n) is 2.01. The molecule has 0 aromatic carbocycles. The lowest BCUT2D eigenvalue weighted by Gasteiger charge is -2.24. The maximum atomic E-state index is 5.46. The van der Waals surface area contributed by atoms with Gasteiger partial charge in [0.25, 0.3) is 0 Å². The van der Waals surface area contributed by atoms with E-state index >= 15 is 0 Å². The van der Waals surface area contributed by atoms with E-state index in [0.717, 1.165) is 32.0 Å². The average Bonchev–Trinajstić information content (AvgIpc) is 2.75. The van der Waals surface area contributed by atoms with E-state index in [1.54, 1.807) is 0 Å². The van der Waals surface area contributed by atoms with Gasteiger partial charge in [-0.05, 0) is 19.3 Å².